The van der Waals surface area contributed by atoms with Gasteiger partial charge < -0.3 is 10.1 Å². The highest BCUT2D eigenvalue weighted by Crippen LogP contribution is 2.15. The molecule has 0 fully saturated rings. The van der Waals surface area contributed by atoms with Crippen LogP contribution >= 0.6 is 11.6 Å². The Hall–Kier alpha value is -2.07. The molecule has 1 amide bonds. The largest absolute Gasteiger partial charge is 0.484 e. The summed E-state index contributed by atoms with van der Waals surface area (Å²) in [6.07, 6.45) is 3.42. The van der Waals surface area contributed by atoms with Crippen molar-refractivity contribution in [3.05, 3.63) is 59.4 Å². The maximum atomic E-state index is 11.8. The summed E-state index contributed by atoms with van der Waals surface area (Å²) in [6.45, 7) is 1.86. The zero-order chi connectivity index (χ0) is 14.4. The number of amides is 1. The molecule has 0 aliphatic rings. The van der Waals surface area contributed by atoms with Gasteiger partial charge in [-0.25, -0.2) is 0 Å². The van der Waals surface area contributed by atoms with Gasteiger partial charge in [-0.15, -0.1) is 0 Å². The summed E-state index contributed by atoms with van der Waals surface area (Å²) in [4.78, 5) is 15.8. The van der Waals surface area contributed by atoms with Gasteiger partial charge in [0.25, 0.3) is 5.91 Å². The lowest BCUT2D eigenvalue weighted by Crippen LogP contribution is -2.31. The van der Waals surface area contributed by atoms with E-state index in [0.717, 1.165) is 5.56 Å². The first kappa shape index (κ1) is 14.3. The van der Waals surface area contributed by atoms with Crippen molar-refractivity contribution in [3.8, 4) is 5.75 Å². The van der Waals surface area contributed by atoms with Gasteiger partial charge in [-0.1, -0.05) is 17.7 Å². The van der Waals surface area contributed by atoms with Crippen molar-refractivity contribution >= 4 is 17.5 Å². The van der Waals surface area contributed by atoms with Crippen LogP contribution in [0.4, 0.5) is 0 Å². The molecule has 4 nitrogen and oxygen atoms in total. The van der Waals surface area contributed by atoms with Crippen LogP contribution in [0.5, 0.6) is 5.75 Å². The number of carbonyl (C=O) groups is 1. The van der Waals surface area contributed by atoms with Crippen molar-refractivity contribution in [1.29, 1.82) is 0 Å². The molecule has 1 aromatic heterocycles. The fraction of sp³-hybridized carbons (Fsp3) is 0.200. The number of nitrogens with zero attached hydrogens (tertiary/aromatic N) is 1. The Labute approximate surface area is 122 Å². The zero-order valence-corrected chi connectivity index (χ0v) is 11.8. The highest BCUT2D eigenvalue weighted by molar-refractivity contribution is 6.30. The molecule has 0 saturated heterocycles. The van der Waals surface area contributed by atoms with Gasteiger partial charge in [0.2, 0.25) is 0 Å². The molecule has 1 aromatic carbocycles. The Bertz CT molecular complexity index is 558. The summed E-state index contributed by atoms with van der Waals surface area (Å²) in [5.41, 5.74) is 0.951. The van der Waals surface area contributed by atoms with Crippen LogP contribution in [0.2, 0.25) is 5.02 Å². The molecule has 1 unspecified atom stereocenters. The number of aromatic nitrogens is 1. The van der Waals surface area contributed by atoms with Crippen LogP contribution in [0.15, 0.2) is 48.8 Å². The monoisotopic (exact) mass is 290 g/mol. The van der Waals surface area contributed by atoms with Gasteiger partial charge in [0, 0.05) is 17.4 Å². The van der Waals surface area contributed by atoms with Gasteiger partial charge in [0.1, 0.15) is 5.75 Å². The Morgan fingerprint density at radius 2 is 2.10 bits per heavy atom. The van der Waals surface area contributed by atoms with Crippen LogP contribution in [0.25, 0.3) is 0 Å². The fourth-order valence-corrected chi connectivity index (χ4v) is 1.80. The van der Waals surface area contributed by atoms with Gasteiger partial charge in [-0.05, 0) is 42.8 Å². The molecular formula is C15H15ClN2O2. The summed E-state index contributed by atoms with van der Waals surface area (Å²) in [6, 6.07) is 10.5. The number of hydrogen-bond donors (Lipinski definition) is 1. The average molecular weight is 291 g/mol. The molecule has 2 rings (SSSR count). The molecular weight excluding hydrogens is 276 g/mol. The Kier molecular flexibility index (Phi) is 4.96. The standard InChI is InChI=1S/C15H15ClN2O2/c1-11(12-3-2-8-17-9-12)18-15(19)10-20-14-6-4-13(16)5-7-14/h2-9,11H,10H2,1H3,(H,18,19). The minimum Gasteiger partial charge on any atom is -0.484 e. The number of benzene rings is 1. The molecule has 0 radical (unpaired) electrons. The first-order chi connectivity index (χ1) is 9.65. The summed E-state index contributed by atoms with van der Waals surface area (Å²) in [5, 5.41) is 3.48. The van der Waals surface area contributed by atoms with Crippen molar-refractivity contribution in [2.75, 3.05) is 6.61 Å². The molecule has 0 saturated carbocycles. The number of carbonyl (C=O) groups excluding carboxylic acids is 1. The lowest BCUT2D eigenvalue weighted by atomic mass is 10.1. The predicted octanol–water partition coefficient (Wildman–Crippen LogP) is 2.99. The maximum absolute atomic E-state index is 11.8. The molecule has 1 N–H and O–H groups in total. The van der Waals surface area contributed by atoms with E-state index in [4.69, 9.17) is 16.3 Å². The minimum atomic E-state index is -0.184. The SMILES string of the molecule is CC(NC(=O)COc1ccc(Cl)cc1)c1cccnc1. The summed E-state index contributed by atoms with van der Waals surface area (Å²) < 4.78 is 5.37. The van der Waals surface area contributed by atoms with Crippen LogP contribution < -0.4 is 10.1 Å². The average Bonchev–Trinajstić information content (AvgIpc) is 2.47. The third-order valence-electron chi connectivity index (χ3n) is 2.75. The van der Waals surface area contributed by atoms with Crippen molar-refractivity contribution in [1.82, 2.24) is 10.3 Å². The van der Waals surface area contributed by atoms with Gasteiger partial charge in [-0.2, -0.15) is 0 Å². The molecule has 5 heteroatoms. The van der Waals surface area contributed by atoms with Crippen molar-refractivity contribution in [2.45, 2.75) is 13.0 Å². The van der Waals surface area contributed by atoms with Crippen LogP contribution in [-0.2, 0) is 4.79 Å². The summed E-state index contributed by atoms with van der Waals surface area (Å²) in [5.74, 6) is 0.426. The third kappa shape index (κ3) is 4.24. The van der Waals surface area contributed by atoms with Crippen molar-refractivity contribution < 1.29 is 9.53 Å². The quantitative estimate of drug-likeness (QED) is 0.921. The molecule has 0 aliphatic carbocycles. The van der Waals surface area contributed by atoms with E-state index in [0.29, 0.717) is 10.8 Å². The Morgan fingerprint density at radius 1 is 1.35 bits per heavy atom. The van der Waals surface area contributed by atoms with Crippen molar-refractivity contribution in [2.24, 2.45) is 0 Å². The number of pyridine rings is 1. The highest BCUT2D eigenvalue weighted by atomic mass is 35.5. The van der Waals surface area contributed by atoms with E-state index in [1.165, 1.54) is 0 Å². The van der Waals surface area contributed by atoms with Gasteiger partial charge >= 0.3 is 0 Å². The number of rotatable bonds is 5. The maximum Gasteiger partial charge on any atom is 0.258 e. The summed E-state index contributed by atoms with van der Waals surface area (Å²) in [7, 11) is 0. The number of ether oxygens (including phenoxy) is 1. The lowest BCUT2D eigenvalue weighted by Gasteiger charge is -2.14. The third-order valence-corrected chi connectivity index (χ3v) is 3.00. The van der Waals surface area contributed by atoms with E-state index in [1.807, 2.05) is 19.1 Å². The Morgan fingerprint density at radius 3 is 2.75 bits per heavy atom. The first-order valence-electron chi connectivity index (χ1n) is 6.23. The molecule has 0 bridgehead atoms. The van der Waals surface area contributed by atoms with E-state index >= 15 is 0 Å². The normalized spacial score (nSPS) is 11.7. The van der Waals surface area contributed by atoms with E-state index in [-0.39, 0.29) is 18.6 Å². The second-order valence-electron chi connectivity index (χ2n) is 4.32. The number of hydrogen-bond acceptors (Lipinski definition) is 3. The minimum absolute atomic E-state index is 0.0355. The van der Waals surface area contributed by atoms with E-state index < -0.39 is 0 Å². The second-order valence-corrected chi connectivity index (χ2v) is 4.75. The topological polar surface area (TPSA) is 51.2 Å². The van der Waals surface area contributed by atoms with Crippen LogP contribution in [0, 0.1) is 0 Å². The van der Waals surface area contributed by atoms with Gasteiger partial charge in [0.15, 0.2) is 6.61 Å². The fourth-order valence-electron chi connectivity index (χ4n) is 1.68. The first-order valence-corrected chi connectivity index (χ1v) is 6.60. The van der Waals surface area contributed by atoms with E-state index in [2.05, 4.69) is 10.3 Å². The zero-order valence-electron chi connectivity index (χ0n) is 11.0. The number of nitrogens with one attached hydrogen (secondary N) is 1. The molecule has 0 aliphatic heterocycles. The Balaban J connectivity index is 1.82. The molecule has 20 heavy (non-hydrogen) atoms. The number of halogens is 1. The molecule has 1 heterocycles. The molecule has 104 valence electrons. The van der Waals surface area contributed by atoms with Crippen LogP contribution in [-0.4, -0.2) is 17.5 Å². The second kappa shape index (κ2) is 6.91. The van der Waals surface area contributed by atoms with E-state index in [9.17, 15) is 4.79 Å². The molecule has 2 aromatic rings. The predicted molar refractivity (Wildman–Crippen MR) is 77.7 cm³/mol. The summed E-state index contributed by atoms with van der Waals surface area (Å²) >= 11 is 5.77. The van der Waals surface area contributed by atoms with Crippen LogP contribution in [0.1, 0.15) is 18.5 Å². The van der Waals surface area contributed by atoms with Gasteiger partial charge in [-0.3, -0.25) is 9.78 Å². The molecule has 0 spiro atoms. The lowest BCUT2D eigenvalue weighted by molar-refractivity contribution is -0.123. The van der Waals surface area contributed by atoms with Crippen LogP contribution in [0.3, 0.4) is 0 Å². The highest BCUT2D eigenvalue weighted by Gasteiger charge is 2.09. The smallest absolute Gasteiger partial charge is 0.258 e. The van der Waals surface area contributed by atoms with E-state index in [1.54, 1.807) is 36.7 Å². The van der Waals surface area contributed by atoms with Gasteiger partial charge in [0.05, 0.1) is 6.04 Å². The molecule has 1 atom stereocenters. The van der Waals surface area contributed by atoms with Crippen molar-refractivity contribution in [3.63, 3.8) is 0 Å².